The number of benzene rings is 2. The first-order valence-electron chi connectivity index (χ1n) is 8.82. The highest BCUT2D eigenvalue weighted by atomic mass is 32.1. The van der Waals surface area contributed by atoms with Crippen molar-refractivity contribution in [3.8, 4) is 17.1 Å². The molecule has 0 aliphatic carbocycles. The molecule has 2 aromatic carbocycles. The molecule has 0 aliphatic rings. The second kappa shape index (κ2) is 8.64. The van der Waals surface area contributed by atoms with E-state index in [1.807, 2.05) is 62.4 Å². The number of carbonyl (C=O) groups is 1. The first kappa shape index (κ1) is 18.8. The Morgan fingerprint density at radius 2 is 1.96 bits per heavy atom. The lowest BCUT2D eigenvalue weighted by Crippen LogP contribution is -2.20. The number of aromatic nitrogens is 3. The fourth-order valence-electron chi connectivity index (χ4n) is 2.63. The molecule has 0 aliphatic heterocycles. The van der Waals surface area contributed by atoms with Gasteiger partial charge in [-0.1, -0.05) is 48.9 Å². The van der Waals surface area contributed by atoms with Crippen LogP contribution < -0.4 is 10.1 Å². The number of carbonyl (C=O) groups excluding carboxylic acids is 1. The van der Waals surface area contributed by atoms with Crippen molar-refractivity contribution in [2.24, 2.45) is 0 Å². The standard InChI is InChI=1S/C20H22N4O2S/c1-3-12-26-17-7-5-4-6-16(17)21-18(25)13-24-19(22-23-20(24)27)15-10-8-14(2)9-11-15/h4-11H,3,12-13H2,1-2H3,(H,21,25)(H,23,27). The Balaban J connectivity index is 1.79. The van der Waals surface area contributed by atoms with Gasteiger partial charge in [-0.25, -0.2) is 0 Å². The molecule has 0 fully saturated rings. The lowest BCUT2D eigenvalue weighted by Gasteiger charge is -2.12. The van der Waals surface area contributed by atoms with Crippen LogP contribution in [-0.4, -0.2) is 27.3 Å². The van der Waals surface area contributed by atoms with E-state index in [4.69, 9.17) is 17.0 Å². The Morgan fingerprint density at radius 3 is 2.70 bits per heavy atom. The van der Waals surface area contributed by atoms with Gasteiger partial charge >= 0.3 is 0 Å². The molecular weight excluding hydrogens is 360 g/mol. The first-order valence-corrected chi connectivity index (χ1v) is 9.23. The van der Waals surface area contributed by atoms with Crippen LogP contribution in [0.5, 0.6) is 5.75 Å². The lowest BCUT2D eigenvalue weighted by atomic mass is 10.1. The van der Waals surface area contributed by atoms with Crippen molar-refractivity contribution in [1.82, 2.24) is 14.8 Å². The van der Waals surface area contributed by atoms with E-state index < -0.39 is 0 Å². The quantitative estimate of drug-likeness (QED) is 0.596. The number of hydrogen-bond acceptors (Lipinski definition) is 4. The predicted octanol–water partition coefficient (Wildman–Crippen LogP) is 4.34. The summed E-state index contributed by atoms with van der Waals surface area (Å²) in [7, 11) is 0. The number of nitrogens with zero attached hydrogens (tertiary/aromatic N) is 2. The summed E-state index contributed by atoms with van der Waals surface area (Å²) in [6.07, 6.45) is 0.895. The summed E-state index contributed by atoms with van der Waals surface area (Å²) in [5.41, 5.74) is 2.69. The van der Waals surface area contributed by atoms with Crippen molar-refractivity contribution in [2.45, 2.75) is 26.8 Å². The summed E-state index contributed by atoms with van der Waals surface area (Å²) in [6, 6.07) is 15.3. The van der Waals surface area contributed by atoms with Crippen molar-refractivity contribution in [2.75, 3.05) is 11.9 Å². The summed E-state index contributed by atoms with van der Waals surface area (Å²) < 4.78 is 7.77. The number of nitrogens with one attached hydrogen (secondary N) is 2. The topological polar surface area (TPSA) is 71.9 Å². The molecule has 0 bridgehead atoms. The zero-order chi connectivity index (χ0) is 19.2. The molecule has 0 unspecified atom stereocenters. The minimum absolute atomic E-state index is 0.0562. The molecular formula is C20H22N4O2S. The summed E-state index contributed by atoms with van der Waals surface area (Å²) >= 11 is 5.30. The van der Waals surface area contributed by atoms with E-state index in [-0.39, 0.29) is 12.5 Å². The molecule has 3 aromatic rings. The highest BCUT2D eigenvalue weighted by Crippen LogP contribution is 2.24. The largest absolute Gasteiger partial charge is 0.491 e. The predicted molar refractivity (Wildman–Crippen MR) is 108 cm³/mol. The summed E-state index contributed by atoms with van der Waals surface area (Å²) in [6.45, 7) is 4.71. The van der Waals surface area contributed by atoms with Crippen molar-refractivity contribution in [3.63, 3.8) is 0 Å². The maximum Gasteiger partial charge on any atom is 0.244 e. The minimum atomic E-state index is -0.201. The van der Waals surface area contributed by atoms with Gasteiger partial charge in [-0.05, 0) is 37.7 Å². The van der Waals surface area contributed by atoms with Crippen LogP contribution in [0.15, 0.2) is 48.5 Å². The Bertz CT molecular complexity index is 976. The van der Waals surface area contributed by atoms with E-state index in [9.17, 15) is 4.79 Å². The number of anilines is 1. The molecule has 0 saturated heterocycles. The maximum atomic E-state index is 12.6. The second-order valence-electron chi connectivity index (χ2n) is 6.20. The number of amides is 1. The third-order valence-electron chi connectivity index (χ3n) is 3.99. The molecule has 1 heterocycles. The maximum absolute atomic E-state index is 12.6. The van der Waals surface area contributed by atoms with Crippen LogP contribution in [0, 0.1) is 11.7 Å². The van der Waals surface area contributed by atoms with Crippen molar-refractivity contribution < 1.29 is 9.53 Å². The molecule has 27 heavy (non-hydrogen) atoms. The van der Waals surface area contributed by atoms with E-state index >= 15 is 0 Å². The lowest BCUT2D eigenvalue weighted by molar-refractivity contribution is -0.116. The summed E-state index contributed by atoms with van der Waals surface area (Å²) in [4.78, 5) is 12.6. The van der Waals surface area contributed by atoms with Crippen molar-refractivity contribution in [1.29, 1.82) is 0 Å². The summed E-state index contributed by atoms with van der Waals surface area (Å²) in [5.74, 6) is 1.08. The number of rotatable bonds is 7. The van der Waals surface area contributed by atoms with Crippen LogP contribution in [-0.2, 0) is 11.3 Å². The molecule has 0 spiro atoms. The first-order chi connectivity index (χ1) is 13.1. The highest BCUT2D eigenvalue weighted by molar-refractivity contribution is 7.71. The molecule has 0 radical (unpaired) electrons. The fourth-order valence-corrected chi connectivity index (χ4v) is 2.83. The Hall–Kier alpha value is -2.93. The molecule has 0 saturated carbocycles. The van der Waals surface area contributed by atoms with E-state index in [0.717, 1.165) is 17.5 Å². The van der Waals surface area contributed by atoms with Gasteiger partial charge in [0.15, 0.2) is 10.6 Å². The van der Waals surface area contributed by atoms with Gasteiger partial charge < -0.3 is 10.1 Å². The number of ether oxygens (including phenoxy) is 1. The Kier molecular flexibility index (Phi) is 6.03. The van der Waals surface area contributed by atoms with Crippen LogP contribution in [0.2, 0.25) is 0 Å². The average molecular weight is 382 g/mol. The smallest absolute Gasteiger partial charge is 0.244 e. The molecule has 1 aromatic heterocycles. The van der Waals surface area contributed by atoms with Gasteiger partial charge in [0, 0.05) is 5.56 Å². The number of aryl methyl sites for hydroxylation is 1. The van der Waals surface area contributed by atoms with Crippen LogP contribution >= 0.6 is 12.2 Å². The Labute approximate surface area is 163 Å². The van der Waals surface area contributed by atoms with Gasteiger partial charge in [0.25, 0.3) is 0 Å². The third-order valence-corrected chi connectivity index (χ3v) is 4.30. The SMILES string of the molecule is CCCOc1ccccc1NC(=O)Cn1c(-c2ccc(C)cc2)n[nH]c1=S. The van der Waals surface area contributed by atoms with Gasteiger partial charge in [-0.3, -0.25) is 14.5 Å². The average Bonchev–Trinajstić information content (AvgIpc) is 3.02. The zero-order valence-corrected chi connectivity index (χ0v) is 16.2. The Morgan fingerprint density at radius 1 is 1.22 bits per heavy atom. The van der Waals surface area contributed by atoms with Crippen LogP contribution in [0.1, 0.15) is 18.9 Å². The van der Waals surface area contributed by atoms with Gasteiger partial charge in [-0.15, -0.1) is 0 Å². The molecule has 0 atom stereocenters. The normalized spacial score (nSPS) is 10.6. The van der Waals surface area contributed by atoms with Gasteiger partial charge in [-0.2, -0.15) is 5.10 Å². The molecule has 140 valence electrons. The number of H-pyrrole nitrogens is 1. The number of hydrogen-bond donors (Lipinski definition) is 2. The van der Waals surface area contributed by atoms with E-state index in [1.54, 1.807) is 4.57 Å². The number of aromatic amines is 1. The minimum Gasteiger partial charge on any atom is -0.491 e. The van der Waals surface area contributed by atoms with Crippen LogP contribution in [0.4, 0.5) is 5.69 Å². The number of para-hydroxylation sites is 2. The van der Waals surface area contributed by atoms with Crippen LogP contribution in [0.3, 0.4) is 0 Å². The van der Waals surface area contributed by atoms with E-state index in [1.165, 1.54) is 0 Å². The van der Waals surface area contributed by atoms with Gasteiger partial charge in [0.2, 0.25) is 5.91 Å². The monoisotopic (exact) mass is 382 g/mol. The fraction of sp³-hybridized carbons (Fsp3) is 0.250. The van der Waals surface area contributed by atoms with Crippen LogP contribution in [0.25, 0.3) is 11.4 Å². The van der Waals surface area contributed by atoms with Gasteiger partial charge in [0.1, 0.15) is 12.3 Å². The molecule has 6 nitrogen and oxygen atoms in total. The molecule has 7 heteroatoms. The third kappa shape index (κ3) is 4.62. The highest BCUT2D eigenvalue weighted by Gasteiger charge is 2.14. The molecule has 1 amide bonds. The summed E-state index contributed by atoms with van der Waals surface area (Å²) in [5, 5.41) is 9.94. The molecule has 3 rings (SSSR count). The zero-order valence-electron chi connectivity index (χ0n) is 15.4. The van der Waals surface area contributed by atoms with Crippen molar-refractivity contribution >= 4 is 23.8 Å². The second-order valence-corrected chi connectivity index (χ2v) is 6.58. The molecule has 2 N–H and O–H groups in total. The van der Waals surface area contributed by atoms with Crippen molar-refractivity contribution in [3.05, 3.63) is 58.9 Å². The van der Waals surface area contributed by atoms with E-state index in [2.05, 4.69) is 15.5 Å². The van der Waals surface area contributed by atoms with E-state index in [0.29, 0.717) is 28.6 Å². The van der Waals surface area contributed by atoms with Gasteiger partial charge in [0.05, 0.1) is 12.3 Å².